The maximum atomic E-state index is 6.79. The fourth-order valence-electron chi connectivity index (χ4n) is 7.91. The normalized spacial score (nSPS) is 11.3. The lowest BCUT2D eigenvalue weighted by Crippen LogP contribution is -2.17. The van der Waals surface area contributed by atoms with Crippen molar-refractivity contribution < 1.29 is 4.42 Å². The molecule has 0 saturated carbocycles. The van der Waals surface area contributed by atoms with E-state index in [0.29, 0.717) is 0 Å². The van der Waals surface area contributed by atoms with Crippen LogP contribution in [0.1, 0.15) is 0 Å². The Morgan fingerprint density at radius 3 is 1.38 bits per heavy atom. The maximum absolute atomic E-state index is 6.79. The molecule has 260 valence electrons. The van der Waals surface area contributed by atoms with E-state index in [1.807, 2.05) is 0 Å². The Balaban J connectivity index is 1.34. The van der Waals surface area contributed by atoms with Gasteiger partial charge in [-0.05, 0) is 99.8 Å². The Morgan fingerprint density at radius 1 is 0.309 bits per heavy atom. The number of hydrogen-bond donors (Lipinski definition) is 0. The van der Waals surface area contributed by atoms with Crippen molar-refractivity contribution in [1.29, 1.82) is 0 Å². The minimum absolute atomic E-state index is 0.830. The third-order valence-electron chi connectivity index (χ3n) is 10.4. The fourth-order valence-corrected chi connectivity index (χ4v) is 7.91. The van der Waals surface area contributed by atoms with Crippen LogP contribution < -0.4 is 9.80 Å². The van der Waals surface area contributed by atoms with Crippen LogP contribution in [0.2, 0.25) is 0 Å². The van der Waals surface area contributed by atoms with Crippen LogP contribution in [0.5, 0.6) is 0 Å². The smallest absolute Gasteiger partial charge is 0.137 e. The largest absolute Gasteiger partial charge is 0.456 e. The van der Waals surface area contributed by atoms with Crippen LogP contribution in [-0.2, 0) is 0 Å². The van der Waals surface area contributed by atoms with Crippen LogP contribution >= 0.6 is 0 Å². The number of anilines is 6. The number of nitrogens with zero attached hydrogens (tertiary/aromatic N) is 2. The molecule has 55 heavy (non-hydrogen) atoms. The highest BCUT2D eigenvalue weighted by atomic mass is 16.3. The van der Waals surface area contributed by atoms with Gasteiger partial charge in [0.1, 0.15) is 11.2 Å². The van der Waals surface area contributed by atoms with E-state index in [0.717, 1.165) is 72.6 Å². The molecule has 1 aromatic heterocycles. The monoisotopic (exact) mass is 704 g/mol. The van der Waals surface area contributed by atoms with E-state index in [2.05, 4.69) is 228 Å². The quantitative estimate of drug-likeness (QED) is 0.157. The van der Waals surface area contributed by atoms with E-state index in [4.69, 9.17) is 4.42 Å². The summed E-state index contributed by atoms with van der Waals surface area (Å²) in [5.74, 6) is 0. The molecular formula is C52H36N2O. The number of benzene rings is 9. The van der Waals surface area contributed by atoms with E-state index in [-0.39, 0.29) is 0 Å². The topological polar surface area (TPSA) is 19.6 Å². The average molecular weight is 705 g/mol. The van der Waals surface area contributed by atoms with E-state index in [1.54, 1.807) is 0 Å². The van der Waals surface area contributed by atoms with Crippen molar-refractivity contribution in [3.8, 4) is 22.3 Å². The molecule has 0 amide bonds. The zero-order valence-electron chi connectivity index (χ0n) is 30.1. The summed E-state index contributed by atoms with van der Waals surface area (Å²) in [5.41, 5.74) is 12.6. The van der Waals surface area contributed by atoms with Crippen molar-refractivity contribution in [2.45, 2.75) is 0 Å². The third-order valence-corrected chi connectivity index (χ3v) is 10.4. The standard InChI is InChI=1S/C52H36N2O/c1-5-17-37(18-6-1)40-22-15-28-44(35-40)53(42-24-9-3-10-25-42)47-32-34-49-51(50-46-30-14-13-21-39(46)31-33-48(50)55-49)52(47)54(43-26-11-4-12-27-43)45-29-16-23-41(36-45)38-19-7-2-8-20-38/h1-36H. The molecule has 0 radical (unpaired) electrons. The van der Waals surface area contributed by atoms with E-state index in [1.165, 1.54) is 16.5 Å². The maximum Gasteiger partial charge on any atom is 0.137 e. The Morgan fingerprint density at radius 2 is 0.764 bits per heavy atom. The molecule has 0 N–H and O–H groups in total. The first-order valence-electron chi connectivity index (χ1n) is 18.7. The van der Waals surface area contributed by atoms with Gasteiger partial charge in [0.2, 0.25) is 0 Å². The van der Waals surface area contributed by atoms with Gasteiger partial charge in [-0.25, -0.2) is 0 Å². The summed E-state index contributed by atoms with van der Waals surface area (Å²) in [4.78, 5) is 4.81. The van der Waals surface area contributed by atoms with E-state index >= 15 is 0 Å². The highest BCUT2D eigenvalue weighted by Gasteiger charge is 2.28. The molecule has 0 fully saturated rings. The molecule has 0 unspecified atom stereocenters. The van der Waals surface area contributed by atoms with Gasteiger partial charge >= 0.3 is 0 Å². The Labute approximate surface area is 320 Å². The van der Waals surface area contributed by atoms with Gasteiger partial charge in [-0.3, -0.25) is 0 Å². The number of furan rings is 1. The van der Waals surface area contributed by atoms with Gasteiger partial charge in [-0.2, -0.15) is 0 Å². The SMILES string of the molecule is c1ccc(-c2cccc(N(c3ccccc3)c3ccc4oc5ccc6ccccc6c5c4c3N(c3ccccc3)c3cccc(-c4ccccc4)c3)c2)cc1. The summed E-state index contributed by atoms with van der Waals surface area (Å²) in [7, 11) is 0. The van der Waals surface area contributed by atoms with Gasteiger partial charge in [0.05, 0.1) is 16.8 Å². The van der Waals surface area contributed by atoms with Crippen LogP contribution in [-0.4, -0.2) is 0 Å². The highest BCUT2D eigenvalue weighted by Crippen LogP contribution is 2.52. The van der Waals surface area contributed by atoms with Crippen molar-refractivity contribution in [2.24, 2.45) is 0 Å². The molecule has 0 aliphatic heterocycles. The molecule has 9 aromatic carbocycles. The summed E-state index contributed by atoms with van der Waals surface area (Å²) in [6.45, 7) is 0. The summed E-state index contributed by atoms with van der Waals surface area (Å²) < 4.78 is 6.79. The third kappa shape index (κ3) is 5.89. The van der Waals surface area contributed by atoms with Crippen molar-refractivity contribution in [3.05, 3.63) is 218 Å². The van der Waals surface area contributed by atoms with Crippen LogP contribution in [0.4, 0.5) is 34.1 Å². The lowest BCUT2D eigenvalue weighted by Gasteiger charge is -2.34. The van der Waals surface area contributed by atoms with Crippen molar-refractivity contribution in [3.63, 3.8) is 0 Å². The van der Waals surface area contributed by atoms with E-state index < -0.39 is 0 Å². The first kappa shape index (κ1) is 32.3. The Bertz CT molecular complexity index is 2920. The van der Waals surface area contributed by atoms with Crippen LogP contribution in [0.15, 0.2) is 223 Å². The Kier molecular flexibility index (Phi) is 8.16. The molecule has 10 rings (SSSR count). The number of para-hydroxylation sites is 2. The summed E-state index contributed by atoms with van der Waals surface area (Å²) in [6, 6.07) is 77.5. The van der Waals surface area contributed by atoms with Gasteiger partial charge in [-0.15, -0.1) is 0 Å². The number of rotatable bonds is 8. The zero-order valence-corrected chi connectivity index (χ0v) is 30.1. The zero-order chi connectivity index (χ0) is 36.6. The van der Waals surface area contributed by atoms with Crippen LogP contribution in [0.25, 0.3) is 55.0 Å². The first-order valence-corrected chi connectivity index (χ1v) is 18.7. The molecule has 0 aliphatic carbocycles. The highest BCUT2D eigenvalue weighted by molar-refractivity contribution is 6.25. The molecule has 0 atom stereocenters. The van der Waals surface area contributed by atoms with Gasteiger partial charge < -0.3 is 14.2 Å². The Hall–Kier alpha value is -7.36. The van der Waals surface area contributed by atoms with Gasteiger partial charge in [0, 0.05) is 28.1 Å². The molecule has 1 heterocycles. The molecule has 0 spiro atoms. The molecule has 0 saturated heterocycles. The van der Waals surface area contributed by atoms with Crippen molar-refractivity contribution >= 4 is 66.8 Å². The minimum Gasteiger partial charge on any atom is -0.456 e. The summed E-state index contributed by atoms with van der Waals surface area (Å²) in [5, 5.41) is 4.47. The lowest BCUT2D eigenvalue weighted by molar-refractivity contribution is 0.669. The molecule has 3 heteroatoms. The van der Waals surface area contributed by atoms with Crippen LogP contribution in [0, 0.1) is 0 Å². The number of hydrogen-bond acceptors (Lipinski definition) is 3. The molecule has 3 nitrogen and oxygen atoms in total. The fraction of sp³-hybridized carbons (Fsp3) is 0. The second kappa shape index (κ2) is 13.9. The minimum atomic E-state index is 0.830. The molecular weight excluding hydrogens is 669 g/mol. The van der Waals surface area contributed by atoms with Gasteiger partial charge in [0.15, 0.2) is 0 Å². The van der Waals surface area contributed by atoms with Crippen molar-refractivity contribution in [1.82, 2.24) is 0 Å². The second-order valence-corrected chi connectivity index (χ2v) is 13.7. The average Bonchev–Trinajstić information content (AvgIpc) is 3.66. The molecule has 0 bridgehead atoms. The second-order valence-electron chi connectivity index (χ2n) is 13.7. The van der Waals surface area contributed by atoms with Gasteiger partial charge in [0.25, 0.3) is 0 Å². The van der Waals surface area contributed by atoms with Gasteiger partial charge in [-0.1, -0.05) is 152 Å². The molecule has 0 aliphatic rings. The van der Waals surface area contributed by atoms with Crippen molar-refractivity contribution in [2.75, 3.05) is 9.80 Å². The number of fused-ring (bicyclic) bond motifs is 5. The first-order chi connectivity index (χ1) is 27.3. The summed E-state index contributed by atoms with van der Waals surface area (Å²) in [6.07, 6.45) is 0. The lowest BCUT2D eigenvalue weighted by atomic mass is 9.99. The predicted octanol–water partition coefficient (Wildman–Crippen LogP) is 15.0. The van der Waals surface area contributed by atoms with Crippen LogP contribution in [0.3, 0.4) is 0 Å². The molecule has 10 aromatic rings. The predicted molar refractivity (Wildman–Crippen MR) is 231 cm³/mol. The van der Waals surface area contributed by atoms with E-state index in [9.17, 15) is 0 Å². The summed E-state index contributed by atoms with van der Waals surface area (Å²) >= 11 is 0.